The van der Waals surface area contributed by atoms with Crippen molar-refractivity contribution in [2.75, 3.05) is 0 Å². The first-order chi connectivity index (χ1) is 0. The summed E-state index contributed by atoms with van der Waals surface area (Å²) < 4.78 is 0. The molecule has 0 heterocycles. The summed E-state index contributed by atoms with van der Waals surface area (Å²) in [4.78, 5) is 0. The molecule has 0 bridgehead atoms. The molecule has 104 valence electrons. The molecule has 16 radical (unpaired) electrons. The first kappa shape index (κ1) is 192. The van der Waals surface area contributed by atoms with E-state index in [1.807, 2.05) is 0 Å². The Labute approximate surface area is 333 Å². The van der Waals surface area contributed by atoms with Gasteiger partial charge in [-0.25, -0.2) is 0 Å². The van der Waals surface area contributed by atoms with Gasteiger partial charge >= 0.3 is 79.2 Å². The molecule has 0 aliphatic rings. The van der Waals surface area contributed by atoms with E-state index >= 15 is 0 Å². The summed E-state index contributed by atoms with van der Waals surface area (Å²) in [5.41, 5.74) is 0. The van der Waals surface area contributed by atoms with Crippen LogP contribution < -0.4 is 0 Å². The minimum Gasteiger partial charge on any atom is -2.00 e. The number of hydrogen-bond donors (Lipinski definition) is 0. The standard InChI is InChI=1S/4Cu.4Ga.4In.3S.3Se/q;;;;4*+3;;;;;6*-2. The summed E-state index contributed by atoms with van der Waals surface area (Å²) in [6, 6.07) is 0. The molecule has 0 aliphatic heterocycles. The SMILES string of the molecule is [Cu].[Cu].[Cu].[Cu].[Ga+3].[Ga+3].[Ga+3].[Ga+3].[In].[In].[In].[In].[S-2].[S-2].[S-2].[Se-2].[Se-2].[Se-2]. The molecule has 18 heteroatoms. The summed E-state index contributed by atoms with van der Waals surface area (Å²) in [5, 5.41) is 0. The molecule has 0 unspecified atom stereocenters. The minimum absolute atomic E-state index is 0. The van der Waals surface area contributed by atoms with Crippen LogP contribution in [0.2, 0.25) is 0 Å². The van der Waals surface area contributed by atoms with E-state index in [0.29, 0.717) is 0 Å². The van der Waals surface area contributed by atoms with Crippen molar-refractivity contribution < 1.29 is 68.3 Å². The summed E-state index contributed by atoms with van der Waals surface area (Å²) in [6.07, 6.45) is 0. The molecule has 0 amide bonds. The Bertz CT molecular complexity index is 41.5. The van der Waals surface area contributed by atoms with Gasteiger partial charge in [-0.1, -0.05) is 0 Å². The van der Waals surface area contributed by atoms with Crippen molar-refractivity contribution >= 4 is 274 Å². The van der Waals surface area contributed by atoms with Gasteiger partial charge in [0.1, 0.15) is 0 Å². The van der Waals surface area contributed by atoms with E-state index in [-0.39, 0.29) is 343 Å². The van der Waals surface area contributed by atoms with Crippen LogP contribution in [0, 0.1) is 0 Å². The first-order valence-electron chi connectivity index (χ1n) is 0. The van der Waals surface area contributed by atoms with E-state index in [0.717, 1.165) is 0 Å². The molecule has 0 N–H and O–H groups in total. The smallest absolute Gasteiger partial charge is 2.00 e. The van der Waals surface area contributed by atoms with Crippen molar-refractivity contribution in [3.8, 4) is 0 Å². The topological polar surface area (TPSA) is 0 Å². The summed E-state index contributed by atoms with van der Waals surface area (Å²) in [5.74, 6) is 0. The third-order valence-corrected chi connectivity index (χ3v) is 0. The first-order valence-corrected chi connectivity index (χ1v) is 0. The zero-order valence-electron chi connectivity index (χ0n) is 8.27. The second kappa shape index (κ2) is 172. The molecule has 18 heavy (non-hydrogen) atoms. The van der Waals surface area contributed by atoms with Gasteiger partial charge in [0.2, 0.25) is 0 Å². The molecule has 0 aromatic carbocycles. The van der Waals surface area contributed by atoms with E-state index in [4.69, 9.17) is 0 Å². The van der Waals surface area contributed by atoms with E-state index in [2.05, 4.69) is 0 Å². The fraction of sp³-hybridized carbons (Fsp3) is 0. The predicted molar refractivity (Wildman–Crippen MR) is 85.4 cm³/mol. The molecule has 0 aromatic heterocycles. The van der Waals surface area contributed by atoms with Gasteiger partial charge in [0.05, 0.1) is 0 Å². The van der Waals surface area contributed by atoms with E-state index in [1.54, 1.807) is 0 Å². The molecule has 0 fully saturated rings. The van der Waals surface area contributed by atoms with Crippen LogP contribution in [0.4, 0.5) is 0 Å². The fourth-order valence-electron chi connectivity index (χ4n) is 0. The van der Waals surface area contributed by atoms with Gasteiger partial charge in [-0.2, -0.15) is 0 Å². The van der Waals surface area contributed by atoms with Crippen LogP contribution in [0.1, 0.15) is 0 Å². The Morgan fingerprint density at radius 2 is 0.278 bits per heavy atom. The second-order valence-corrected chi connectivity index (χ2v) is 0. The maximum absolute atomic E-state index is 0. The quantitative estimate of drug-likeness (QED) is 0.217. The van der Waals surface area contributed by atoms with E-state index in [1.165, 1.54) is 0 Å². The van der Waals surface area contributed by atoms with Crippen LogP contribution in [0.5, 0.6) is 0 Å². The van der Waals surface area contributed by atoms with Crippen molar-refractivity contribution in [2.45, 2.75) is 0 Å². The van der Waals surface area contributed by atoms with E-state index < -0.39 is 0 Å². The largest absolute Gasteiger partial charge is 3.00 e. The fourth-order valence-corrected chi connectivity index (χ4v) is 0. The van der Waals surface area contributed by atoms with Gasteiger partial charge in [-0.3, -0.25) is 0 Å². The maximum atomic E-state index is 0. The maximum Gasteiger partial charge on any atom is 3.00 e. The third-order valence-electron chi connectivity index (χ3n) is 0. The summed E-state index contributed by atoms with van der Waals surface area (Å²) in [6.45, 7) is 0. The zero-order valence-corrected chi connectivity index (χ0v) is 42.5. The van der Waals surface area contributed by atoms with Crippen LogP contribution in [0.3, 0.4) is 0 Å². The summed E-state index contributed by atoms with van der Waals surface area (Å²) >= 11 is 0. The predicted octanol–water partition coefficient (Wildman–Crippen LogP) is -4.21. The Morgan fingerprint density at radius 1 is 0.278 bits per heavy atom. The molecule has 0 aromatic rings. The van der Waals surface area contributed by atoms with Crippen LogP contribution in [0.25, 0.3) is 0 Å². The molecule has 0 spiro atoms. The second-order valence-electron chi connectivity index (χ2n) is 0. The third kappa shape index (κ3) is 154. The van der Waals surface area contributed by atoms with Gasteiger partial charge in [-0.05, 0) is 0 Å². The van der Waals surface area contributed by atoms with E-state index in [9.17, 15) is 0 Å². The molecule has 0 saturated heterocycles. The van der Waals surface area contributed by atoms with Gasteiger partial charge in [0.15, 0.2) is 0 Å². The van der Waals surface area contributed by atoms with Crippen LogP contribution in [-0.2, 0) is 109 Å². The molecule has 0 nitrogen and oxygen atoms in total. The number of rotatable bonds is 0. The average Bonchev–Trinajstić information content (AvgIpc) is 0. The molecule has 0 atom stereocenters. The van der Waals surface area contributed by atoms with Crippen LogP contribution >= 0.6 is 0 Å². The van der Waals surface area contributed by atoms with Gasteiger partial charge < -0.3 is 91.7 Å². The Hall–Kier alpha value is 10.7. The van der Waals surface area contributed by atoms with Crippen molar-refractivity contribution in [1.29, 1.82) is 0 Å². The molecular formula is Cu4Ga4In4S3Se3. The molecule has 0 saturated carbocycles. The Balaban J connectivity index is 0. The minimum atomic E-state index is 0. The Morgan fingerprint density at radius 3 is 0.278 bits per heavy atom. The zero-order chi connectivity index (χ0) is 0. The molecule has 0 rings (SSSR count). The van der Waals surface area contributed by atoms with Gasteiger partial charge in [-0.15, -0.1) is 0 Å². The summed E-state index contributed by atoms with van der Waals surface area (Å²) in [7, 11) is 0. The molecule has 0 aliphatic carbocycles. The number of hydrogen-bond acceptors (Lipinski definition) is 0. The van der Waals surface area contributed by atoms with Crippen LogP contribution in [0.15, 0.2) is 0 Å². The van der Waals surface area contributed by atoms with Crippen molar-refractivity contribution in [1.82, 2.24) is 0 Å². The van der Waals surface area contributed by atoms with Crippen LogP contribution in [-0.4, -0.2) is 234 Å². The molecular weight excluding hydrogens is 1330 g/mol. The monoisotopic (exact) mass is 1320 g/mol. The normalized spacial score (nSPS) is 0. The van der Waals surface area contributed by atoms with Gasteiger partial charge in [0, 0.05) is 172 Å². The van der Waals surface area contributed by atoms with Crippen molar-refractivity contribution in [2.24, 2.45) is 0 Å². The van der Waals surface area contributed by atoms with Gasteiger partial charge in [0.25, 0.3) is 0 Å². The van der Waals surface area contributed by atoms with Crippen molar-refractivity contribution in [3.63, 3.8) is 0 Å². The Kier molecular flexibility index (Phi) is 1840. The average molecular weight is 1330 g/mol. The van der Waals surface area contributed by atoms with Crippen molar-refractivity contribution in [3.05, 3.63) is 0 Å².